The summed E-state index contributed by atoms with van der Waals surface area (Å²) in [6.45, 7) is 6.41. The van der Waals surface area contributed by atoms with Crippen LogP contribution in [0.2, 0.25) is 0 Å². The summed E-state index contributed by atoms with van der Waals surface area (Å²) >= 11 is 0. The van der Waals surface area contributed by atoms with E-state index in [2.05, 4.69) is 35.6 Å². The van der Waals surface area contributed by atoms with Gasteiger partial charge in [0.05, 0.1) is 0 Å². The van der Waals surface area contributed by atoms with Gasteiger partial charge in [0.15, 0.2) is 0 Å². The molecule has 1 atom stereocenters. The zero-order chi connectivity index (χ0) is 25.0. The zero-order valence-corrected chi connectivity index (χ0v) is 20.8. The number of sulfonamides is 1. The van der Waals surface area contributed by atoms with Crippen molar-refractivity contribution in [2.45, 2.75) is 31.2 Å². The van der Waals surface area contributed by atoms with Gasteiger partial charge in [-0.05, 0) is 55.2 Å². The third-order valence-electron chi connectivity index (χ3n) is 6.51. The molecule has 0 bridgehead atoms. The standard InChI is InChI=1S/C27H30FN3O3S/c1-20-9-8-13-25(21(20)2)30-15-17-31(18-16-30)27(32)24(19-22-10-4-3-5-11-22)29-35(33,34)26-14-7-6-12-23(26)28/h3-14,24,29H,15-19H2,1-2H3. The smallest absolute Gasteiger partial charge is 0.244 e. The van der Waals surface area contributed by atoms with Crippen molar-refractivity contribution in [1.82, 2.24) is 9.62 Å². The monoisotopic (exact) mass is 495 g/mol. The van der Waals surface area contributed by atoms with Crippen molar-refractivity contribution < 1.29 is 17.6 Å². The molecule has 184 valence electrons. The number of carbonyl (C=O) groups is 1. The first-order chi connectivity index (χ1) is 16.8. The molecule has 0 aliphatic carbocycles. The van der Waals surface area contributed by atoms with E-state index >= 15 is 0 Å². The molecule has 6 nitrogen and oxygen atoms in total. The Labute approximate surface area is 206 Å². The highest BCUT2D eigenvalue weighted by molar-refractivity contribution is 7.89. The lowest BCUT2D eigenvalue weighted by molar-refractivity contribution is -0.133. The Morgan fingerprint density at radius 2 is 1.57 bits per heavy atom. The predicted octanol–water partition coefficient (Wildman–Crippen LogP) is 3.68. The predicted molar refractivity (Wildman–Crippen MR) is 135 cm³/mol. The van der Waals surface area contributed by atoms with Gasteiger partial charge >= 0.3 is 0 Å². The van der Waals surface area contributed by atoms with Crippen molar-refractivity contribution in [2.75, 3.05) is 31.1 Å². The van der Waals surface area contributed by atoms with Crippen LogP contribution < -0.4 is 9.62 Å². The summed E-state index contributed by atoms with van der Waals surface area (Å²) in [5.74, 6) is -1.16. The van der Waals surface area contributed by atoms with E-state index < -0.39 is 26.8 Å². The molecule has 1 saturated heterocycles. The van der Waals surface area contributed by atoms with Crippen molar-refractivity contribution in [3.05, 3.63) is 95.3 Å². The summed E-state index contributed by atoms with van der Waals surface area (Å²) in [4.78, 5) is 17.0. The van der Waals surface area contributed by atoms with Gasteiger partial charge in [-0.15, -0.1) is 0 Å². The van der Waals surface area contributed by atoms with E-state index in [1.165, 1.54) is 29.3 Å². The van der Waals surface area contributed by atoms with Gasteiger partial charge in [0.2, 0.25) is 15.9 Å². The zero-order valence-electron chi connectivity index (χ0n) is 19.9. The van der Waals surface area contributed by atoms with Crippen LogP contribution in [0.1, 0.15) is 16.7 Å². The largest absolute Gasteiger partial charge is 0.368 e. The Kier molecular flexibility index (Phi) is 7.52. The number of aryl methyl sites for hydroxylation is 1. The molecule has 1 aliphatic rings. The number of nitrogens with one attached hydrogen (secondary N) is 1. The van der Waals surface area contributed by atoms with Crippen LogP contribution >= 0.6 is 0 Å². The van der Waals surface area contributed by atoms with Crippen molar-refractivity contribution >= 4 is 21.6 Å². The Balaban J connectivity index is 1.53. The van der Waals surface area contributed by atoms with Gasteiger partial charge in [0.1, 0.15) is 16.8 Å². The van der Waals surface area contributed by atoms with Crippen molar-refractivity contribution in [2.24, 2.45) is 0 Å². The number of nitrogens with zero attached hydrogens (tertiary/aromatic N) is 2. The summed E-state index contributed by atoms with van der Waals surface area (Å²) < 4.78 is 42.8. The Bertz CT molecular complexity index is 1290. The molecule has 0 saturated carbocycles. The summed E-state index contributed by atoms with van der Waals surface area (Å²) in [5.41, 5.74) is 4.40. The van der Waals surface area contributed by atoms with Crippen LogP contribution in [0.15, 0.2) is 77.7 Å². The SMILES string of the molecule is Cc1cccc(N2CCN(C(=O)C(Cc3ccccc3)NS(=O)(=O)c3ccccc3F)CC2)c1C. The number of halogens is 1. The van der Waals surface area contributed by atoms with Gasteiger partial charge in [-0.1, -0.05) is 54.6 Å². The Hall–Kier alpha value is -3.23. The molecule has 1 heterocycles. The second kappa shape index (κ2) is 10.6. The number of amides is 1. The van der Waals surface area contributed by atoms with Gasteiger partial charge in [-0.25, -0.2) is 12.8 Å². The number of benzene rings is 3. The van der Waals surface area contributed by atoms with Gasteiger partial charge in [-0.2, -0.15) is 4.72 Å². The summed E-state index contributed by atoms with van der Waals surface area (Å²) in [6.07, 6.45) is 0.171. The molecule has 1 unspecified atom stereocenters. The highest BCUT2D eigenvalue weighted by atomic mass is 32.2. The molecular weight excluding hydrogens is 465 g/mol. The Morgan fingerprint density at radius 1 is 0.914 bits per heavy atom. The molecule has 3 aromatic carbocycles. The molecule has 0 radical (unpaired) electrons. The molecule has 4 rings (SSSR count). The van der Waals surface area contributed by atoms with Crippen molar-refractivity contribution in [1.29, 1.82) is 0 Å². The lowest BCUT2D eigenvalue weighted by atomic mass is 10.0. The third-order valence-corrected chi connectivity index (χ3v) is 8.02. The number of piperazine rings is 1. The first-order valence-electron chi connectivity index (χ1n) is 11.7. The minimum Gasteiger partial charge on any atom is -0.368 e. The van der Waals surface area contributed by atoms with Crippen molar-refractivity contribution in [3.8, 4) is 0 Å². The average molecular weight is 496 g/mol. The molecule has 8 heteroatoms. The highest BCUT2D eigenvalue weighted by Crippen LogP contribution is 2.24. The van der Waals surface area contributed by atoms with Crippen LogP contribution in [0.3, 0.4) is 0 Å². The topological polar surface area (TPSA) is 69.7 Å². The van der Waals surface area contributed by atoms with Crippen LogP contribution in [-0.2, 0) is 21.2 Å². The molecule has 3 aromatic rings. The van der Waals surface area contributed by atoms with Crippen LogP contribution in [0, 0.1) is 19.7 Å². The van der Waals surface area contributed by atoms with E-state index in [0.29, 0.717) is 26.2 Å². The fourth-order valence-corrected chi connectivity index (χ4v) is 5.68. The van der Waals surface area contributed by atoms with E-state index in [1.807, 2.05) is 36.4 Å². The maximum absolute atomic E-state index is 14.3. The quantitative estimate of drug-likeness (QED) is 0.543. The third kappa shape index (κ3) is 5.71. The van der Waals surface area contributed by atoms with E-state index in [9.17, 15) is 17.6 Å². The van der Waals surface area contributed by atoms with Crippen LogP contribution in [0.4, 0.5) is 10.1 Å². The van der Waals surface area contributed by atoms with Gasteiger partial charge in [0.25, 0.3) is 0 Å². The lowest BCUT2D eigenvalue weighted by Gasteiger charge is -2.38. The minimum absolute atomic E-state index is 0.171. The number of hydrogen-bond donors (Lipinski definition) is 1. The van der Waals surface area contributed by atoms with Crippen LogP contribution in [0.25, 0.3) is 0 Å². The molecule has 0 spiro atoms. The van der Waals surface area contributed by atoms with E-state index in [4.69, 9.17) is 0 Å². The second-order valence-corrected chi connectivity index (χ2v) is 10.5. The maximum Gasteiger partial charge on any atom is 0.244 e. The molecule has 1 N–H and O–H groups in total. The van der Waals surface area contributed by atoms with Crippen LogP contribution in [-0.4, -0.2) is 51.4 Å². The summed E-state index contributed by atoms with van der Waals surface area (Å²) in [5, 5.41) is 0. The molecule has 1 aliphatic heterocycles. The fourth-order valence-electron chi connectivity index (χ4n) is 4.41. The van der Waals surface area contributed by atoms with E-state index in [0.717, 1.165) is 17.3 Å². The normalized spacial score (nSPS) is 15.2. The average Bonchev–Trinajstić information content (AvgIpc) is 2.86. The van der Waals surface area contributed by atoms with E-state index in [1.54, 1.807) is 4.90 Å². The maximum atomic E-state index is 14.3. The molecule has 35 heavy (non-hydrogen) atoms. The van der Waals surface area contributed by atoms with E-state index in [-0.39, 0.29) is 12.3 Å². The summed E-state index contributed by atoms with van der Waals surface area (Å²) in [6, 6.07) is 19.5. The molecule has 0 aromatic heterocycles. The van der Waals surface area contributed by atoms with Gasteiger partial charge in [0, 0.05) is 31.9 Å². The number of anilines is 1. The van der Waals surface area contributed by atoms with Gasteiger partial charge < -0.3 is 9.80 Å². The summed E-state index contributed by atoms with van der Waals surface area (Å²) in [7, 11) is -4.24. The molecular formula is C27H30FN3O3S. The first kappa shape index (κ1) is 24.9. The molecule has 1 fully saturated rings. The first-order valence-corrected chi connectivity index (χ1v) is 13.2. The second-order valence-electron chi connectivity index (χ2n) is 8.83. The minimum atomic E-state index is -4.24. The number of hydrogen-bond acceptors (Lipinski definition) is 4. The Morgan fingerprint density at radius 3 is 2.26 bits per heavy atom. The fraction of sp³-hybridized carbons (Fsp3) is 0.296. The highest BCUT2D eigenvalue weighted by Gasteiger charge is 2.32. The number of carbonyl (C=O) groups excluding carboxylic acids is 1. The number of rotatable bonds is 7. The van der Waals surface area contributed by atoms with Crippen molar-refractivity contribution in [3.63, 3.8) is 0 Å². The van der Waals surface area contributed by atoms with Crippen LogP contribution in [0.5, 0.6) is 0 Å². The lowest BCUT2D eigenvalue weighted by Crippen LogP contribution is -2.55. The molecule has 1 amide bonds. The van der Waals surface area contributed by atoms with Gasteiger partial charge in [-0.3, -0.25) is 4.79 Å².